The monoisotopic (exact) mass is 340 g/mol. The number of benzene rings is 1. The summed E-state index contributed by atoms with van der Waals surface area (Å²) in [7, 11) is 0. The second-order valence-electron chi connectivity index (χ2n) is 6.39. The highest BCUT2D eigenvalue weighted by Crippen LogP contribution is 2.33. The van der Waals surface area contributed by atoms with E-state index in [1.165, 1.54) is 41.7 Å². The molecule has 1 aliphatic rings. The molecule has 0 amide bonds. The molecule has 2 aromatic heterocycles. The van der Waals surface area contributed by atoms with Crippen LogP contribution >= 0.6 is 11.3 Å². The summed E-state index contributed by atoms with van der Waals surface area (Å²) in [5.74, 6) is -0.875. The van der Waals surface area contributed by atoms with E-state index in [9.17, 15) is 9.90 Å². The number of rotatable bonds is 3. The maximum atomic E-state index is 11.4. The molecule has 1 aromatic carbocycles. The molecule has 24 heavy (non-hydrogen) atoms. The van der Waals surface area contributed by atoms with Gasteiger partial charge in [0.05, 0.1) is 11.4 Å². The van der Waals surface area contributed by atoms with Gasteiger partial charge in [0.1, 0.15) is 4.88 Å². The van der Waals surface area contributed by atoms with Crippen molar-refractivity contribution in [1.29, 1.82) is 0 Å². The van der Waals surface area contributed by atoms with Crippen LogP contribution in [0, 0.1) is 6.92 Å². The van der Waals surface area contributed by atoms with E-state index in [4.69, 9.17) is 4.98 Å². The predicted molar refractivity (Wildman–Crippen MR) is 96.2 cm³/mol. The summed E-state index contributed by atoms with van der Waals surface area (Å²) in [6.07, 6.45) is 5.69. The zero-order valence-electron chi connectivity index (χ0n) is 13.9. The van der Waals surface area contributed by atoms with Crippen molar-refractivity contribution in [2.45, 2.75) is 46.0 Å². The number of nitrogens with zero attached hydrogens (tertiary/aromatic N) is 2. The fourth-order valence-electron chi connectivity index (χ4n) is 3.75. The number of carboxylic acid groups (broad SMARTS) is 1. The molecule has 0 bridgehead atoms. The number of hydrogen-bond donors (Lipinski definition) is 1. The van der Waals surface area contributed by atoms with E-state index in [-0.39, 0.29) is 0 Å². The van der Waals surface area contributed by atoms with Crippen molar-refractivity contribution >= 4 is 22.3 Å². The first-order chi connectivity index (χ1) is 11.6. The highest BCUT2D eigenvalue weighted by atomic mass is 32.1. The third kappa shape index (κ3) is 2.26. The van der Waals surface area contributed by atoms with Gasteiger partial charge in [0.15, 0.2) is 4.96 Å². The standard InChI is InChI=1S/C19H20N2O2S/c1-3-15-16(14-9-8-12-6-4-5-7-13(12)10-14)20-19-21(15)11(2)17(24-19)18(22)23/h8-10H,3-7H2,1-2H3,(H,22,23). The van der Waals surface area contributed by atoms with E-state index < -0.39 is 5.97 Å². The summed E-state index contributed by atoms with van der Waals surface area (Å²) < 4.78 is 2.02. The Morgan fingerprint density at radius 3 is 2.75 bits per heavy atom. The molecule has 2 heterocycles. The first kappa shape index (κ1) is 15.4. The lowest BCUT2D eigenvalue weighted by Gasteiger charge is -2.16. The first-order valence-corrected chi connectivity index (χ1v) is 9.28. The lowest BCUT2D eigenvalue weighted by molar-refractivity contribution is 0.0701. The lowest BCUT2D eigenvalue weighted by atomic mass is 9.89. The summed E-state index contributed by atoms with van der Waals surface area (Å²) in [5, 5.41) is 9.34. The van der Waals surface area contributed by atoms with E-state index in [1.54, 1.807) is 0 Å². The average Bonchev–Trinajstić information content (AvgIpc) is 3.11. The highest BCUT2D eigenvalue weighted by molar-refractivity contribution is 7.19. The van der Waals surface area contributed by atoms with Crippen LogP contribution < -0.4 is 0 Å². The summed E-state index contributed by atoms with van der Waals surface area (Å²) in [6, 6.07) is 6.70. The maximum Gasteiger partial charge on any atom is 0.347 e. The van der Waals surface area contributed by atoms with Crippen molar-refractivity contribution < 1.29 is 9.90 Å². The van der Waals surface area contributed by atoms with Gasteiger partial charge >= 0.3 is 5.97 Å². The Hall–Kier alpha value is -2.14. The van der Waals surface area contributed by atoms with Crippen LogP contribution in [0.2, 0.25) is 0 Å². The van der Waals surface area contributed by atoms with Gasteiger partial charge in [-0.3, -0.25) is 4.40 Å². The first-order valence-electron chi connectivity index (χ1n) is 8.46. The molecule has 3 aromatic rings. The Bertz CT molecular complexity index is 952. The minimum absolute atomic E-state index is 0.379. The summed E-state index contributed by atoms with van der Waals surface area (Å²) in [6.45, 7) is 3.97. The molecule has 5 heteroatoms. The van der Waals surface area contributed by atoms with Crippen molar-refractivity contribution in [2.24, 2.45) is 0 Å². The highest BCUT2D eigenvalue weighted by Gasteiger charge is 2.22. The Morgan fingerprint density at radius 2 is 2.04 bits per heavy atom. The summed E-state index contributed by atoms with van der Waals surface area (Å²) in [4.78, 5) is 17.3. The molecule has 0 spiro atoms. The van der Waals surface area contributed by atoms with Crippen LogP contribution in [0.5, 0.6) is 0 Å². The number of thiazole rings is 1. The molecule has 0 radical (unpaired) electrons. The smallest absolute Gasteiger partial charge is 0.347 e. The molecular formula is C19H20N2O2S. The number of carboxylic acids is 1. The number of aromatic nitrogens is 2. The zero-order chi connectivity index (χ0) is 16.8. The fraction of sp³-hybridized carbons (Fsp3) is 0.368. The normalized spacial score (nSPS) is 14.1. The lowest BCUT2D eigenvalue weighted by Crippen LogP contribution is -2.03. The predicted octanol–water partition coefficient (Wildman–Crippen LogP) is 4.51. The Kier molecular flexibility index (Phi) is 3.68. The van der Waals surface area contributed by atoms with Crippen LogP contribution in [0.1, 0.15) is 52.0 Å². The molecule has 0 saturated carbocycles. The quantitative estimate of drug-likeness (QED) is 0.763. The minimum atomic E-state index is -0.875. The van der Waals surface area contributed by atoms with Crippen LogP contribution in [0.25, 0.3) is 16.2 Å². The molecule has 1 aliphatic carbocycles. The molecule has 4 nitrogen and oxygen atoms in total. The van der Waals surface area contributed by atoms with Gasteiger partial charge in [0.2, 0.25) is 0 Å². The van der Waals surface area contributed by atoms with Crippen molar-refractivity contribution in [2.75, 3.05) is 0 Å². The second kappa shape index (κ2) is 5.74. The van der Waals surface area contributed by atoms with Gasteiger partial charge in [-0.25, -0.2) is 9.78 Å². The fourth-order valence-corrected chi connectivity index (χ4v) is 4.73. The van der Waals surface area contributed by atoms with Gasteiger partial charge in [0, 0.05) is 11.3 Å². The molecule has 0 saturated heterocycles. The SMILES string of the molecule is CCc1c(-c2ccc3c(c2)CCCC3)nc2sc(C(=O)O)c(C)n12. The Balaban J connectivity index is 1.89. The van der Waals surface area contributed by atoms with Crippen LogP contribution in [-0.4, -0.2) is 20.5 Å². The number of aromatic carboxylic acids is 1. The number of imidazole rings is 1. The van der Waals surface area contributed by atoms with Gasteiger partial charge < -0.3 is 5.11 Å². The minimum Gasteiger partial charge on any atom is -0.477 e. The van der Waals surface area contributed by atoms with Gasteiger partial charge in [-0.15, -0.1) is 0 Å². The van der Waals surface area contributed by atoms with Gasteiger partial charge in [-0.1, -0.05) is 30.4 Å². The third-order valence-corrected chi connectivity index (χ3v) is 6.08. The molecule has 0 aliphatic heterocycles. The number of aryl methyl sites for hydroxylation is 4. The van der Waals surface area contributed by atoms with Crippen molar-refractivity contribution in [3.8, 4) is 11.3 Å². The molecule has 0 unspecified atom stereocenters. The van der Waals surface area contributed by atoms with Crippen LogP contribution in [0.15, 0.2) is 18.2 Å². The zero-order valence-corrected chi connectivity index (χ0v) is 14.7. The Morgan fingerprint density at radius 1 is 1.29 bits per heavy atom. The van der Waals surface area contributed by atoms with Crippen molar-refractivity contribution in [1.82, 2.24) is 9.38 Å². The molecule has 1 N–H and O–H groups in total. The molecule has 0 atom stereocenters. The summed E-state index contributed by atoms with van der Waals surface area (Å²) >= 11 is 1.26. The van der Waals surface area contributed by atoms with E-state index in [2.05, 4.69) is 25.1 Å². The van der Waals surface area contributed by atoms with E-state index in [1.807, 2.05) is 11.3 Å². The second-order valence-corrected chi connectivity index (χ2v) is 7.37. The Labute approximate surface area is 144 Å². The van der Waals surface area contributed by atoms with Crippen LogP contribution in [0.4, 0.5) is 0 Å². The van der Waals surface area contributed by atoms with Crippen molar-refractivity contribution in [3.05, 3.63) is 45.6 Å². The van der Waals surface area contributed by atoms with Crippen molar-refractivity contribution in [3.63, 3.8) is 0 Å². The van der Waals surface area contributed by atoms with E-state index in [0.29, 0.717) is 4.88 Å². The van der Waals surface area contributed by atoms with Crippen LogP contribution in [-0.2, 0) is 19.3 Å². The van der Waals surface area contributed by atoms with E-state index in [0.717, 1.165) is 40.4 Å². The molecule has 124 valence electrons. The number of hydrogen-bond acceptors (Lipinski definition) is 3. The molecule has 4 rings (SSSR count). The molecular weight excluding hydrogens is 320 g/mol. The van der Waals surface area contributed by atoms with Gasteiger partial charge in [-0.05, 0) is 56.2 Å². The number of carbonyl (C=O) groups is 1. The van der Waals surface area contributed by atoms with Gasteiger partial charge in [-0.2, -0.15) is 0 Å². The summed E-state index contributed by atoms with van der Waals surface area (Å²) in [5.41, 5.74) is 6.93. The maximum absolute atomic E-state index is 11.4. The third-order valence-electron chi connectivity index (χ3n) is 4.95. The van der Waals surface area contributed by atoms with E-state index >= 15 is 0 Å². The van der Waals surface area contributed by atoms with Gasteiger partial charge in [0.25, 0.3) is 0 Å². The van der Waals surface area contributed by atoms with Crippen LogP contribution in [0.3, 0.4) is 0 Å². The average molecular weight is 340 g/mol. The largest absolute Gasteiger partial charge is 0.477 e. The number of fused-ring (bicyclic) bond motifs is 2. The molecule has 0 fully saturated rings. The topological polar surface area (TPSA) is 54.6 Å².